The molecule has 0 spiro atoms. The van der Waals surface area contributed by atoms with Gasteiger partial charge in [-0.1, -0.05) is 12.1 Å². The highest BCUT2D eigenvalue weighted by Gasteiger charge is 2.27. The zero-order valence-corrected chi connectivity index (χ0v) is 17.7. The first-order valence-electron chi connectivity index (χ1n) is 10.7. The Hall–Kier alpha value is -2.96. The third kappa shape index (κ3) is 4.61. The first-order valence-corrected chi connectivity index (χ1v) is 10.7. The van der Waals surface area contributed by atoms with E-state index in [0.29, 0.717) is 19.5 Å². The molecule has 4 rings (SSSR count). The van der Waals surface area contributed by atoms with Crippen LogP contribution in [0.25, 0.3) is 0 Å². The fourth-order valence-electron chi connectivity index (χ4n) is 4.27. The molecule has 2 fully saturated rings. The van der Waals surface area contributed by atoms with Gasteiger partial charge in [0.25, 0.3) is 0 Å². The predicted molar refractivity (Wildman–Crippen MR) is 116 cm³/mol. The van der Waals surface area contributed by atoms with E-state index in [2.05, 4.69) is 20.2 Å². The van der Waals surface area contributed by atoms with Crippen LogP contribution in [0.5, 0.6) is 0 Å². The van der Waals surface area contributed by atoms with Gasteiger partial charge >= 0.3 is 0 Å². The molecule has 7 nitrogen and oxygen atoms in total. The topological polar surface area (TPSA) is 78.4 Å². The van der Waals surface area contributed by atoms with Gasteiger partial charge in [-0.15, -0.1) is 0 Å². The minimum absolute atomic E-state index is 0.0651. The molecule has 2 amide bonds. The Balaban J connectivity index is 1.33. The molecule has 3 heterocycles. The number of nitrogens with zero attached hydrogens (tertiary/aromatic N) is 4. The molecule has 1 aromatic heterocycles. The van der Waals surface area contributed by atoms with Crippen LogP contribution in [0.15, 0.2) is 30.3 Å². The molecule has 0 radical (unpaired) electrons. The van der Waals surface area contributed by atoms with Crippen LogP contribution in [0, 0.1) is 19.8 Å². The first-order chi connectivity index (χ1) is 14.5. The maximum absolute atomic E-state index is 12.8. The van der Waals surface area contributed by atoms with Crippen molar-refractivity contribution < 1.29 is 9.59 Å². The molecule has 2 aliphatic heterocycles. The fraction of sp³-hybridized carbons (Fsp3) is 0.478. The van der Waals surface area contributed by atoms with E-state index in [1.54, 1.807) is 0 Å². The van der Waals surface area contributed by atoms with Gasteiger partial charge in [0, 0.05) is 49.7 Å². The Bertz CT molecular complexity index is 907. The number of aryl methyl sites for hydroxylation is 2. The molecular weight excluding hydrogens is 378 g/mol. The molecule has 1 atom stereocenters. The second-order valence-corrected chi connectivity index (χ2v) is 8.27. The van der Waals surface area contributed by atoms with E-state index in [0.717, 1.165) is 60.9 Å². The lowest BCUT2D eigenvalue weighted by Gasteiger charge is -2.32. The molecule has 0 saturated carbocycles. The number of carbonyl (C=O) groups excluding carboxylic acids is 2. The summed E-state index contributed by atoms with van der Waals surface area (Å²) in [5.41, 5.74) is 3.86. The van der Waals surface area contributed by atoms with Gasteiger partial charge in [-0.25, -0.2) is 9.97 Å². The molecule has 30 heavy (non-hydrogen) atoms. The minimum Gasteiger partial charge on any atom is -0.352 e. The summed E-state index contributed by atoms with van der Waals surface area (Å²) >= 11 is 0. The highest BCUT2D eigenvalue weighted by Crippen LogP contribution is 2.23. The summed E-state index contributed by atoms with van der Waals surface area (Å²) in [7, 11) is 0. The standard InChI is InChI=1S/C23H29N5O2/c1-16-13-17(2)26-23(25-16)27-11-3-5-19(15-27)22(30)24-14-18-7-9-20(10-8-18)28-12-4-6-21(28)29/h7-10,13,19H,3-6,11-12,14-15H2,1-2H3,(H,24,30). The van der Waals surface area contributed by atoms with Gasteiger partial charge in [0.1, 0.15) is 0 Å². The van der Waals surface area contributed by atoms with E-state index < -0.39 is 0 Å². The number of aromatic nitrogens is 2. The Labute approximate surface area is 177 Å². The van der Waals surface area contributed by atoms with Crippen LogP contribution < -0.4 is 15.1 Å². The van der Waals surface area contributed by atoms with Crippen LogP contribution in [-0.2, 0) is 16.1 Å². The lowest BCUT2D eigenvalue weighted by Crippen LogP contribution is -2.43. The van der Waals surface area contributed by atoms with Crippen molar-refractivity contribution in [2.45, 2.75) is 46.1 Å². The van der Waals surface area contributed by atoms with Crippen LogP contribution in [0.2, 0.25) is 0 Å². The van der Waals surface area contributed by atoms with Gasteiger partial charge in [-0.2, -0.15) is 0 Å². The van der Waals surface area contributed by atoms with Crippen molar-refractivity contribution in [3.05, 3.63) is 47.3 Å². The van der Waals surface area contributed by atoms with Gasteiger partial charge in [0.05, 0.1) is 5.92 Å². The summed E-state index contributed by atoms with van der Waals surface area (Å²) in [6, 6.07) is 9.85. The van der Waals surface area contributed by atoms with Gasteiger partial charge in [0.15, 0.2) is 0 Å². The summed E-state index contributed by atoms with van der Waals surface area (Å²) in [5, 5.41) is 3.07. The van der Waals surface area contributed by atoms with E-state index >= 15 is 0 Å². The fourth-order valence-corrected chi connectivity index (χ4v) is 4.27. The smallest absolute Gasteiger partial charge is 0.227 e. The van der Waals surface area contributed by atoms with Crippen molar-refractivity contribution in [3.63, 3.8) is 0 Å². The number of carbonyl (C=O) groups is 2. The molecule has 0 bridgehead atoms. The summed E-state index contributed by atoms with van der Waals surface area (Å²) in [4.78, 5) is 37.7. The number of amides is 2. The van der Waals surface area contributed by atoms with Gasteiger partial charge < -0.3 is 15.1 Å². The third-order valence-corrected chi connectivity index (χ3v) is 5.83. The largest absolute Gasteiger partial charge is 0.352 e. The Morgan fingerprint density at radius 3 is 2.50 bits per heavy atom. The van der Waals surface area contributed by atoms with Crippen molar-refractivity contribution in [1.82, 2.24) is 15.3 Å². The SMILES string of the molecule is Cc1cc(C)nc(N2CCCC(C(=O)NCc3ccc(N4CCCC4=O)cc3)C2)n1. The lowest BCUT2D eigenvalue weighted by molar-refractivity contribution is -0.125. The van der Waals surface area contributed by atoms with E-state index in [9.17, 15) is 9.59 Å². The number of hydrogen-bond acceptors (Lipinski definition) is 5. The van der Waals surface area contributed by atoms with Crippen molar-refractivity contribution >= 4 is 23.5 Å². The van der Waals surface area contributed by atoms with E-state index in [1.807, 2.05) is 49.1 Å². The Morgan fingerprint density at radius 2 is 1.83 bits per heavy atom. The van der Waals surface area contributed by atoms with Gasteiger partial charge in [0.2, 0.25) is 17.8 Å². The molecule has 1 aromatic carbocycles. The lowest BCUT2D eigenvalue weighted by atomic mass is 9.97. The maximum Gasteiger partial charge on any atom is 0.227 e. The molecule has 7 heteroatoms. The molecular formula is C23H29N5O2. The van der Waals surface area contributed by atoms with Crippen molar-refractivity contribution in [2.75, 3.05) is 29.4 Å². The summed E-state index contributed by atoms with van der Waals surface area (Å²) in [5.74, 6) is 0.912. The maximum atomic E-state index is 12.8. The molecule has 2 aromatic rings. The molecule has 158 valence electrons. The van der Waals surface area contributed by atoms with Gasteiger partial charge in [-0.05, 0) is 56.9 Å². The van der Waals surface area contributed by atoms with Crippen LogP contribution in [0.3, 0.4) is 0 Å². The van der Waals surface area contributed by atoms with E-state index in [4.69, 9.17) is 0 Å². The quantitative estimate of drug-likeness (QED) is 0.825. The Morgan fingerprint density at radius 1 is 1.10 bits per heavy atom. The highest BCUT2D eigenvalue weighted by molar-refractivity contribution is 5.95. The molecule has 1 N–H and O–H groups in total. The summed E-state index contributed by atoms with van der Waals surface area (Å²) in [6.07, 6.45) is 3.38. The number of rotatable bonds is 5. The van der Waals surface area contributed by atoms with Crippen LogP contribution >= 0.6 is 0 Å². The van der Waals surface area contributed by atoms with Crippen molar-refractivity contribution in [2.24, 2.45) is 5.92 Å². The van der Waals surface area contributed by atoms with Crippen LogP contribution in [-0.4, -0.2) is 41.4 Å². The molecule has 2 aliphatic rings. The summed E-state index contributed by atoms with van der Waals surface area (Å²) in [6.45, 7) is 6.74. The van der Waals surface area contributed by atoms with Crippen molar-refractivity contribution in [1.29, 1.82) is 0 Å². The van der Waals surface area contributed by atoms with Crippen LogP contribution in [0.4, 0.5) is 11.6 Å². The number of anilines is 2. The normalized spacial score (nSPS) is 19.3. The van der Waals surface area contributed by atoms with Crippen LogP contribution in [0.1, 0.15) is 42.6 Å². The zero-order valence-electron chi connectivity index (χ0n) is 17.7. The summed E-state index contributed by atoms with van der Waals surface area (Å²) < 4.78 is 0. The highest BCUT2D eigenvalue weighted by atomic mass is 16.2. The Kier molecular flexibility index (Phi) is 5.97. The average Bonchev–Trinajstić information content (AvgIpc) is 3.17. The number of piperidine rings is 1. The number of hydrogen-bond donors (Lipinski definition) is 1. The molecule has 1 unspecified atom stereocenters. The van der Waals surface area contributed by atoms with E-state index in [1.165, 1.54) is 0 Å². The average molecular weight is 408 g/mol. The van der Waals surface area contributed by atoms with Gasteiger partial charge in [-0.3, -0.25) is 9.59 Å². The molecule has 2 saturated heterocycles. The predicted octanol–water partition coefficient (Wildman–Crippen LogP) is 2.75. The molecule has 0 aliphatic carbocycles. The minimum atomic E-state index is -0.0651. The van der Waals surface area contributed by atoms with E-state index in [-0.39, 0.29) is 17.7 Å². The number of benzene rings is 1. The first kappa shape index (κ1) is 20.3. The monoisotopic (exact) mass is 407 g/mol. The second kappa shape index (κ2) is 8.81. The number of nitrogens with one attached hydrogen (secondary N) is 1. The third-order valence-electron chi connectivity index (χ3n) is 5.83. The second-order valence-electron chi connectivity index (χ2n) is 8.27. The zero-order chi connectivity index (χ0) is 21.1. The van der Waals surface area contributed by atoms with Crippen molar-refractivity contribution in [3.8, 4) is 0 Å².